The number of carbonyl (C=O) groups is 1. The molecular weight excluding hydrogens is 216 g/mol. The van der Waals surface area contributed by atoms with Crippen molar-refractivity contribution < 1.29 is 4.79 Å². The summed E-state index contributed by atoms with van der Waals surface area (Å²) in [5.74, 6) is 4.93. The highest BCUT2D eigenvalue weighted by Crippen LogP contribution is 2.04. The largest absolute Gasteiger partial charge is 0.303 e. The fraction of sp³-hybridized carbons (Fsp3) is 0.500. The van der Waals surface area contributed by atoms with Crippen LogP contribution in [-0.4, -0.2) is 35.4 Å². The Morgan fingerprint density at radius 3 is 2.76 bits per heavy atom. The Morgan fingerprint density at radius 1 is 1.53 bits per heavy atom. The number of carbonyl (C=O) groups excluding carboxylic acids is 1. The fourth-order valence-corrected chi connectivity index (χ4v) is 1.56. The average Bonchev–Trinajstić information content (AvgIpc) is 2.36. The number of hydrazine groups is 1. The first kappa shape index (κ1) is 13.6. The minimum Gasteiger partial charge on any atom is -0.303 e. The van der Waals surface area contributed by atoms with Gasteiger partial charge in [0.05, 0.1) is 0 Å². The van der Waals surface area contributed by atoms with Crippen molar-refractivity contribution in [3.63, 3.8) is 0 Å². The molecule has 1 amide bonds. The van der Waals surface area contributed by atoms with Crippen molar-refractivity contribution >= 4 is 5.91 Å². The molecule has 0 fully saturated rings. The Hall–Kier alpha value is -1.46. The summed E-state index contributed by atoms with van der Waals surface area (Å²) in [5, 5.41) is 0. The van der Waals surface area contributed by atoms with Gasteiger partial charge < -0.3 is 4.90 Å². The Bertz CT molecular complexity index is 342. The van der Waals surface area contributed by atoms with Gasteiger partial charge in [0, 0.05) is 31.4 Å². The van der Waals surface area contributed by atoms with E-state index in [-0.39, 0.29) is 11.9 Å². The van der Waals surface area contributed by atoms with Gasteiger partial charge in [0.25, 0.3) is 0 Å². The molecule has 0 aliphatic heterocycles. The molecule has 1 aromatic rings. The number of nitrogens with zero attached hydrogens (tertiary/aromatic N) is 2. The first-order valence-electron chi connectivity index (χ1n) is 5.72. The van der Waals surface area contributed by atoms with E-state index in [1.807, 2.05) is 26.1 Å². The Morgan fingerprint density at radius 2 is 2.18 bits per heavy atom. The number of nitrogens with two attached hydrogens (primary N) is 1. The van der Waals surface area contributed by atoms with Gasteiger partial charge in [-0.25, -0.2) is 5.84 Å². The lowest BCUT2D eigenvalue weighted by molar-refractivity contribution is -0.122. The predicted molar refractivity (Wildman–Crippen MR) is 67.0 cm³/mol. The van der Waals surface area contributed by atoms with E-state index in [1.54, 1.807) is 12.4 Å². The molecule has 0 radical (unpaired) electrons. The number of rotatable bonds is 6. The Balaban J connectivity index is 2.34. The van der Waals surface area contributed by atoms with Crippen LogP contribution in [0.4, 0.5) is 0 Å². The summed E-state index contributed by atoms with van der Waals surface area (Å²) >= 11 is 0. The number of aromatic nitrogens is 1. The van der Waals surface area contributed by atoms with Gasteiger partial charge >= 0.3 is 0 Å². The van der Waals surface area contributed by atoms with Crippen molar-refractivity contribution in [2.24, 2.45) is 5.84 Å². The monoisotopic (exact) mass is 236 g/mol. The van der Waals surface area contributed by atoms with Crippen molar-refractivity contribution in [2.75, 3.05) is 13.6 Å². The summed E-state index contributed by atoms with van der Waals surface area (Å²) in [6.07, 6.45) is 4.96. The third kappa shape index (κ3) is 4.93. The lowest BCUT2D eigenvalue weighted by atomic mass is 10.1. The number of amides is 1. The summed E-state index contributed by atoms with van der Waals surface area (Å²) in [4.78, 5) is 17.3. The van der Waals surface area contributed by atoms with Gasteiger partial charge in [-0.1, -0.05) is 0 Å². The van der Waals surface area contributed by atoms with Crippen molar-refractivity contribution in [3.05, 3.63) is 30.1 Å². The van der Waals surface area contributed by atoms with E-state index < -0.39 is 0 Å². The van der Waals surface area contributed by atoms with Crippen LogP contribution in [0.5, 0.6) is 0 Å². The third-order valence-corrected chi connectivity index (χ3v) is 2.90. The van der Waals surface area contributed by atoms with Gasteiger partial charge in [-0.15, -0.1) is 0 Å². The highest BCUT2D eigenvalue weighted by Gasteiger charge is 2.12. The maximum Gasteiger partial charge on any atom is 0.235 e. The Labute approximate surface area is 102 Å². The van der Waals surface area contributed by atoms with E-state index >= 15 is 0 Å². The summed E-state index contributed by atoms with van der Waals surface area (Å²) in [6.45, 7) is 2.92. The third-order valence-electron chi connectivity index (χ3n) is 2.90. The first-order chi connectivity index (χ1) is 8.13. The maximum atomic E-state index is 11.1. The van der Waals surface area contributed by atoms with Crippen LogP contribution in [-0.2, 0) is 11.2 Å². The van der Waals surface area contributed by atoms with Crippen LogP contribution in [0, 0.1) is 0 Å². The molecule has 1 unspecified atom stereocenters. The molecule has 0 spiro atoms. The highest BCUT2D eigenvalue weighted by molar-refractivity contribution is 5.75. The van der Waals surface area contributed by atoms with E-state index in [1.165, 1.54) is 5.56 Å². The smallest absolute Gasteiger partial charge is 0.235 e. The van der Waals surface area contributed by atoms with E-state index in [2.05, 4.69) is 15.3 Å². The minimum absolute atomic E-state index is 0.131. The zero-order chi connectivity index (χ0) is 12.7. The molecule has 1 heterocycles. The molecule has 0 aromatic carbocycles. The second kappa shape index (κ2) is 6.98. The van der Waals surface area contributed by atoms with Crippen LogP contribution in [0.2, 0.25) is 0 Å². The predicted octanol–water partition coefficient (Wildman–Crippen LogP) is 0.324. The van der Waals surface area contributed by atoms with Gasteiger partial charge in [-0.05, 0) is 38.1 Å². The molecule has 17 heavy (non-hydrogen) atoms. The van der Waals surface area contributed by atoms with Gasteiger partial charge in [0.2, 0.25) is 5.91 Å². The van der Waals surface area contributed by atoms with Crippen LogP contribution in [0.25, 0.3) is 0 Å². The highest BCUT2D eigenvalue weighted by atomic mass is 16.2. The first-order valence-corrected chi connectivity index (χ1v) is 5.72. The van der Waals surface area contributed by atoms with Crippen molar-refractivity contribution in [3.8, 4) is 0 Å². The van der Waals surface area contributed by atoms with Crippen LogP contribution >= 0.6 is 0 Å². The van der Waals surface area contributed by atoms with Gasteiger partial charge in [0.15, 0.2) is 0 Å². The van der Waals surface area contributed by atoms with Crippen LogP contribution < -0.4 is 11.3 Å². The van der Waals surface area contributed by atoms with Gasteiger partial charge in [-0.2, -0.15) is 0 Å². The molecule has 3 N–H and O–H groups in total. The number of pyridine rings is 1. The summed E-state index contributed by atoms with van der Waals surface area (Å²) in [7, 11) is 2.01. The topological polar surface area (TPSA) is 71.2 Å². The van der Waals surface area contributed by atoms with E-state index in [4.69, 9.17) is 5.84 Å². The van der Waals surface area contributed by atoms with E-state index in [0.29, 0.717) is 6.42 Å². The van der Waals surface area contributed by atoms with Crippen LogP contribution in [0.3, 0.4) is 0 Å². The summed E-state index contributed by atoms with van der Waals surface area (Å²) in [5.41, 5.74) is 3.40. The Kier molecular flexibility index (Phi) is 5.59. The normalized spacial score (nSPS) is 12.5. The summed E-state index contributed by atoms with van der Waals surface area (Å²) < 4.78 is 0. The number of likely N-dealkylation sites (N-methyl/N-ethyl adjacent to an activating group) is 1. The van der Waals surface area contributed by atoms with Gasteiger partial charge in [-0.3, -0.25) is 15.2 Å². The van der Waals surface area contributed by atoms with Crippen LogP contribution in [0.15, 0.2) is 24.5 Å². The SMILES string of the molecule is CC(CC(=O)NN)N(C)CCc1ccncc1. The molecule has 94 valence electrons. The molecule has 1 aromatic heterocycles. The quantitative estimate of drug-likeness (QED) is 0.424. The summed E-state index contributed by atoms with van der Waals surface area (Å²) in [6, 6.07) is 4.19. The lowest BCUT2D eigenvalue weighted by Crippen LogP contribution is -2.38. The zero-order valence-corrected chi connectivity index (χ0v) is 10.4. The molecule has 0 aliphatic rings. The van der Waals surface area contributed by atoms with Crippen LogP contribution in [0.1, 0.15) is 18.9 Å². The molecule has 5 heteroatoms. The zero-order valence-electron chi connectivity index (χ0n) is 10.4. The van der Waals surface area contributed by atoms with E-state index in [0.717, 1.165) is 13.0 Å². The molecule has 5 nitrogen and oxygen atoms in total. The lowest BCUT2D eigenvalue weighted by Gasteiger charge is -2.23. The average molecular weight is 236 g/mol. The standard InChI is InChI=1S/C12H20N4O/c1-10(9-12(17)15-13)16(2)8-5-11-3-6-14-7-4-11/h3-4,6-7,10H,5,8-9,13H2,1-2H3,(H,15,17). The van der Waals surface area contributed by atoms with Crippen molar-refractivity contribution in [1.82, 2.24) is 15.3 Å². The fourth-order valence-electron chi connectivity index (χ4n) is 1.56. The van der Waals surface area contributed by atoms with Crippen molar-refractivity contribution in [2.45, 2.75) is 25.8 Å². The molecule has 1 atom stereocenters. The number of hydrogen-bond donors (Lipinski definition) is 2. The number of hydrogen-bond acceptors (Lipinski definition) is 4. The molecule has 0 saturated heterocycles. The molecule has 0 bridgehead atoms. The van der Waals surface area contributed by atoms with Crippen molar-refractivity contribution in [1.29, 1.82) is 0 Å². The van der Waals surface area contributed by atoms with Gasteiger partial charge in [0.1, 0.15) is 0 Å². The number of nitrogens with one attached hydrogen (secondary N) is 1. The maximum absolute atomic E-state index is 11.1. The molecular formula is C12H20N4O. The molecule has 0 saturated carbocycles. The molecule has 1 rings (SSSR count). The molecule has 0 aliphatic carbocycles. The van der Waals surface area contributed by atoms with E-state index in [9.17, 15) is 4.79 Å². The minimum atomic E-state index is -0.131. The second-order valence-corrected chi connectivity index (χ2v) is 4.21. The second-order valence-electron chi connectivity index (χ2n) is 4.21.